The Morgan fingerprint density at radius 1 is 0.710 bits per heavy atom. The van der Waals surface area contributed by atoms with Gasteiger partial charge in [0.1, 0.15) is 11.5 Å². The number of anilines is 1. The zero-order valence-corrected chi connectivity index (χ0v) is 17.6. The van der Waals surface area contributed by atoms with Gasteiger partial charge in [0, 0.05) is 16.8 Å². The third kappa shape index (κ3) is 2.79. The number of para-hydroxylation sites is 3. The first kappa shape index (κ1) is 18.3. The average Bonchev–Trinajstić information content (AvgIpc) is 2.84. The molecule has 2 atom stereocenters. The Kier molecular flexibility index (Phi) is 4.15. The van der Waals surface area contributed by atoms with Gasteiger partial charge in [-0.15, -0.1) is 0 Å². The van der Waals surface area contributed by atoms with Crippen LogP contribution in [-0.4, -0.2) is 6.73 Å². The van der Waals surface area contributed by atoms with Crippen molar-refractivity contribution in [2.24, 2.45) is 0 Å². The molecule has 2 heterocycles. The lowest BCUT2D eigenvalue weighted by Crippen LogP contribution is -2.40. The number of nitrogens with zero attached hydrogens (tertiary/aromatic N) is 1. The summed E-state index contributed by atoms with van der Waals surface area (Å²) in [6.07, 6.45) is 0. The molecule has 0 aliphatic carbocycles. The van der Waals surface area contributed by atoms with Crippen molar-refractivity contribution in [3.63, 3.8) is 0 Å². The van der Waals surface area contributed by atoms with Crippen molar-refractivity contribution in [3.8, 4) is 22.6 Å². The maximum absolute atomic E-state index is 15.0. The van der Waals surface area contributed by atoms with Gasteiger partial charge in [-0.1, -0.05) is 72.8 Å². The normalized spacial score (nSPS) is 21.2. The predicted octanol–water partition coefficient (Wildman–Crippen LogP) is 6.20. The molecule has 0 saturated carbocycles. The molecule has 4 aromatic carbocycles. The van der Waals surface area contributed by atoms with Gasteiger partial charge >= 0.3 is 7.37 Å². The van der Waals surface area contributed by atoms with E-state index in [4.69, 9.17) is 9.26 Å². The standard InChI is InChI=1S/C26H20NO3P/c28-31(25-17-9-6-13-21(25)20-12-4-8-16-24(20)30-31)26-22-14-5-7-15-23(22)29-18-27(26)19-10-2-1-3-11-19/h1-17,26H,18H2. The monoisotopic (exact) mass is 425 g/mol. The van der Waals surface area contributed by atoms with Crippen molar-refractivity contribution in [2.45, 2.75) is 5.78 Å². The van der Waals surface area contributed by atoms with Crippen molar-refractivity contribution < 1.29 is 13.8 Å². The number of hydrogen-bond donors (Lipinski definition) is 0. The zero-order valence-electron chi connectivity index (χ0n) is 16.7. The summed E-state index contributed by atoms with van der Waals surface area (Å²) in [6, 6.07) is 33.5. The largest absolute Gasteiger partial charge is 0.473 e. The molecule has 0 fully saturated rings. The van der Waals surface area contributed by atoms with E-state index in [1.807, 2.05) is 108 Å². The quantitative estimate of drug-likeness (QED) is 0.358. The SMILES string of the molecule is O=P1(C2c3ccccc3OCN2c2ccccc2)Oc2ccccc2-c2ccccc21. The Labute approximate surface area is 181 Å². The Morgan fingerprint density at radius 3 is 2.19 bits per heavy atom. The van der Waals surface area contributed by atoms with Crippen LogP contribution in [0.4, 0.5) is 5.69 Å². The molecule has 5 heteroatoms. The first-order valence-electron chi connectivity index (χ1n) is 10.3. The highest BCUT2D eigenvalue weighted by Crippen LogP contribution is 2.66. The molecule has 0 spiro atoms. The molecule has 2 aliphatic rings. The molecule has 6 rings (SSSR count). The maximum atomic E-state index is 15.0. The summed E-state index contributed by atoms with van der Waals surface area (Å²) in [4.78, 5) is 2.05. The average molecular weight is 425 g/mol. The van der Waals surface area contributed by atoms with E-state index in [1.165, 1.54) is 0 Å². The lowest BCUT2D eigenvalue weighted by atomic mass is 10.0. The van der Waals surface area contributed by atoms with E-state index in [0.717, 1.165) is 33.4 Å². The fourth-order valence-electron chi connectivity index (χ4n) is 4.52. The van der Waals surface area contributed by atoms with Gasteiger partial charge in [0.05, 0.1) is 5.30 Å². The summed E-state index contributed by atoms with van der Waals surface area (Å²) in [7, 11) is -3.42. The third-order valence-electron chi connectivity index (χ3n) is 5.91. The zero-order chi connectivity index (χ0) is 20.8. The molecule has 0 bridgehead atoms. The Balaban J connectivity index is 1.61. The van der Waals surface area contributed by atoms with Crippen LogP contribution in [0, 0.1) is 0 Å². The number of hydrogen-bond acceptors (Lipinski definition) is 4. The Hall–Kier alpha value is -3.49. The first-order valence-corrected chi connectivity index (χ1v) is 12.0. The Bertz CT molecular complexity index is 1320. The lowest BCUT2D eigenvalue weighted by molar-refractivity contribution is 0.281. The summed E-state index contributed by atoms with van der Waals surface area (Å²) < 4.78 is 27.5. The van der Waals surface area contributed by atoms with Gasteiger partial charge in [0.25, 0.3) is 0 Å². The molecule has 0 radical (unpaired) electrons. The van der Waals surface area contributed by atoms with Crippen molar-refractivity contribution in [1.29, 1.82) is 0 Å². The van der Waals surface area contributed by atoms with Crippen molar-refractivity contribution in [3.05, 3.63) is 109 Å². The van der Waals surface area contributed by atoms with Gasteiger partial charge in [-0.3, -0.25) is 4.57 Å². The molecule has 2 aliphatic heterocycles. The summed E-state index contributed by atoms with van der Waals surface area (Å²) >= 11 is 0. The molecule has 0 N–H and O–H groups in total. The van der Waals surface area contributed by atoms with Gasteiger partial charge in [-0.05, 0) is 35.9 Å². The summed E-state index contributed by atoms with van der Waals surface area (Å²) in [6.45, 7) is 0.295. The predicted molar refractivity (Wildman–Crippen MR) is 123 cm³/mol. The van der Waals surface area contributed by atoms with Gasteiger partial charge in [0.15, 0.2) is 12.5 Å². The van der Waals surface area contributed by atoms with E-state index < -0.39 is 13.2 Å². The van der Waals surface area contributed by atoms with Gasteiger partial charge in [-0.2, -0.15) is 0 Å². The van der Waals surface area contributed by atoms with E-state index in [1.54, 1.807) is 0 Å². The molecule has 4 nitrogen and oxygen atoms in total. The summed E-state index contributed by atoms with van der Waals surface area (Å²) in [5, 5.41) is 0.747. The minimum absolute atomic E-state index is 0.295. The second-order valence-electron chi connectivity index (χ2n) is 7.69. The topological polar surface area (TPSA) is 38.8 Å². The summed E-state index contributed by atoms with van der Waals surface area (Å²) in [5.74, 6) is 0.894. The van der Waals surface area contributed by atoms with Crippen LogP contribution in [0.15, 0.2) is 103 Å². The van der Waals surface area contributed by atoms with Crippen LogP contribution in [0.1, 0.15) is 11.3 Å². The molecular formula is C26H20NO3P. The molecule has 31 heavy (non-hydrogen) atoms. The van der Waals surface area contributed by atoms with Gasteiger partial charge < -0.3 is 14.2 Å². The van der Waals surface area contributed by atoms with Crippen LogP contribution in [-0.2, 0) is 4.57 Å². The van der Waals surface area contributed by atoms with Crippen LogP contribution >= 0.6 is 7.37 Å². The first-order chi connectivity index (χ1) is 15.3. The fourth-order valence-corrected chi connectivity index (χ4v) is 7.41. The Morgan fingerprint density at radius 2 is 1.35 bits per heavy atom. The molecular weight excluding hydrogens is 405 g/mol. The molecule has 0 amide bonds. The minimum Gasteiger partial charge on any atom is -0.473 e. The van der Waals surface area contributed by atoms with Crippen molar-refractivity contribution >= 4 is 18.4 Å². The van der Waals surface area contributed by atoms with Crippen LogP contribution in [0.5, 0.6) is 11.5 Å². The highest BCUT2D eigenvalue weighted by Gasteiger charge is 2.49. The van der Waals surface area contributed by atoms with E-state index >= 15 is 4.57 Å². The maximum Gasteiger partial charge on any atom is 0.304 e. The lowest BCUT2D eigenvalue weighted by Gasteiger charge is -2.43. The molecule has 0 saturated heterocycles. The van der Waals surface area contributed by atoms with E-state index in [2.05, 4.69) is 0 Å². The van der Waals surface area contributed by atoms with Crippen LogP contribution < -0.4 is 19.5 Å². The van der Waals surface area contributed by atoms with Crippen molar-refractivity contribution in [2.75, 3.05) is 11.6 Å². The highest BCUT2D eigenvalue weighted by atomic mass is 31.2. The second-order valence-corrected chi connectivity index (χ2v) is 10.0. The number of fused-ring (bicyclic) bond motifs is 4. The third-order valence-corrected chi connectivity index (χ3v) is 8.64. The van der Waals surface area contributed by atoms with Crippen LogP contribution in [0.25, 0.3) is 11.1 Å². The second kappa shape index (κ2) is 7.04. The molecule has 0 aromatic heterocycles. The molecule has 152 valence electrons. The van der Waals surface area contributed by atoms with Crippen LogP contribution in [0.3, 0.4) is 0 Å². The van der Waals surface area contributed by atoms with E-state index in [0.29, 0.717) is 12.5 Å². The van der Waals surface area contributed by atoms with Gasteiger partial charge in [0.2, 0.25) is 0 Å². The smallest absolute Gasteiger partial charge is 0.304 e. The molecule has 4 aromatic rings. The highest BCUT2D eigenvalue weighted by molar-refractivity contribution is 7.68. The minimum atomic E-state index is -3.42. The summed E-state index contributed by atoms with van der Waals surface area (Å²) in [5.41, 5.74) is 3.74. The van der Waals surface area contributed by atoms with E-state index in [9.17, 15) is 0 Å². The number of benzene rings is 4. The number of ether oxygens (including phenoxy) is 1. The van der Waals surface area contributed by atoms with Crippen LogP contribution in [0.2, 0.25) is 0 Å². The molecule has 2 unspecified atom stereocenters. The van der Waals surface area contributed by atoms with Gasteiger partial charge in [-0.25, -0.2) is 0 Å². The fraction of sp³-hybridized carbons (Fsp3) is 0.0769. The van der Waals surface area contributed by atoms with Crippen molar-refractivity contribution in [1.82, 2.24) is 0 Å². The number of rotatable bonds is 2. The van der Waals surface area contributed by atoms with E-state index in [-0.39, 0.29) is 0 Å².